The van der Waals surface area contributed by atoms with Gasteiger partial charge in [-0.2, -0.15) is 0 Å². The lowest BCUT2D eigenvalue weighted by Gasteiger charge is -2.18. The number of ether oxygens (including phenoxy) is 1. The summed E-state index contributed by atoms with van der Waals surface area (Å²) in [5, 5.41) is 2.98. The number of rotatable bonds is 4. The Bertz CT molecular complexity index is 453. The summed E-state index contributed by atoms with van der Waals surface area (Å²) in [5.74, 6) is -0.0524. The smallest absolute Gasteiger partial charge is 0.249 e. The summed E-state index contributed by atoms with van der Waals surface area (Å²) < 4.78 is 6.59. The van der Waals surface area contributed by atoms with Gasteiger partial charge in [0.25, 0.3) is 0 Å². The van der Waals surface area contributed by atoms with Crippen molar-refractivity contribution in [2.24, 2.45) is 5.73 Å². The van der Waals surface area contributed by atoms with E-state index in [2.05, 4.69) is 21.2 Å². The van der Waals surface area contributed by atoms with Gasteiger partial charge in [0.15, 0.2) is 0 Å². The van der Waals surface area contributed by atoms with Crippen molar-refractivity contribution in [1.29, 1.82) is 0 Å². The lowest BCUT2D eigenvalue weighted by atomic mass is 10.1. The molecule has 0 aliphatic carbocycles. The Morgan fingerprint density at radius 3 is 3.00 bits per heavy atom. The zero-order valence-corrected chi connectivity index (χ0v) is 12.5. The van der Waals surface area contributed by atoms with Crippen molar-refractivity contribution in [2.45, 2.75) is 38.0 Å². The van der Waals surface area contributed by atoms with Crippen LogP contribution in [0.2, 0.25) is 0 Å². The van der Waals surface area contributed by atoms with E-state index in [0.717, 1.165) is 22.9 Å². The molecule has 0 bridgehead atoms. The first-order valence-electron chi connectivity index (χ1n) is 6.51. The molecular formula is C14H19BrN2O2. The summed E-state index contributed by atoms with van der Waals surface area (Å²) in [5.41, 5.74) is 6.61. The lowest BCUT2D eigenvalue weighted by Crippen LogP contribution is -2.36. The maximum Gasteiger partial charge on any atom is 0.249 e. The van der Waals surface area contributed by atoms with Crippen molar-refractivity contribution in [3.05, 3.63) is 34.3 Å². The van der Waals surface area contributed by atoms with Crippen LogP contribution in [0.5, 0.6) is 0 Å². The summed E-state index contributed by atoms with van der Waals surface area (Å²) in [6, 6.07) is 7.88. The number of carbonyl (C=O) groups is 1. The second-order valence-corrected chi connectivity index (χ2v) is 5.76. The number of halogens is 1. The Labute approximate surface area is 121 Å². The van der Waals surface area contributed by atoms with Crippen LogP contribution in [0.4, 0.5) is 0 Å². The number of nitrogens with one attached hydrogen (secondary N) is 1. The van der Waals surface area contributed by atoms with E-state index in [0.29, 0.717) is 6.54 Å². The first-order chi connectivity index (χ1) is 9.10. The molecule has 4 nitrogen and oxygen atoms in total. The maximum atomic E-state index is 12.1. The molecule has 1 heterocycles. The topological polar surface area (TPSA) is 64.4 Å². The third-order valence-electron chi connectivity index (χ3n) is 3.37. The van der Waals surface area contributed by atoms with Gasteiger partial charge in [-0.05, 0) is 37.5 Å². The summed E-state index contributed by atoms with van der Waals surface area (Å²) in [7, 11) is 0. The van der Waals surface area contributed by atoms with Gasteiger partial charge in [-0.3, -0.25) is 4.79 Å². The van der Waals surface area contributed by atoms with Crippen LogP contribution in [-0.2, 0) is 9.53 Å². The number of benzene rings is 1. The first-order valence-corrected chi connectivity index (χ1v) is 7.31. The Balaban J connectivity index is 1.92. The second kappa shape index (κ2) is 6.50. The lowest BCUT2D eigenvalue weighted by molar-refractivity contribution is -0.132. The van der Waals surface area contributed by atoms with Gasteiger partial charge in [0.1, 0.15) is 6.10 Å². The van der Waals surface area contributed by atoms with Crippen LogP contribution in [0.1, 0.15) is 31.4 Å². The molecule has 2 rings (SSSR count). The Morgan fingerprint density at radius 1 is 1.58 bits per heavy atom. The molecule has 0 radical (unpaired) electrons. The molecule has 1 fully saturated rings. The second-order valence-electron chi connectivity index (χ2n) is 4.85. The fourth-order valence-electron chi connectivity index (χ4n) is 2.24. The Kier molecular flexibility index (Phi) is 4.96. The molecule has 2 unspecified atom stereocenters. The van der Waals surface area contributed by atoms with E-state index in [1.807, 2.05) is 31.2 Å². The number of hydrogen-bond donors (Lipinski definition) is 2. The van der Waals surface area contributed by atoms with Gasteiger partial charge < -0.3 is 15.8 Å². The van der Waals surface area contributed by atoms with Crippen molar-refractivity contribution in [3.8, 4) is 0 Å². The molecule has 1 aromatic carbocycles. The minimum Gasteiger partial charge on any atom is -0.364 e. The molecule has 5 heteroatoms. The van der Waals surface area contributed by atoms with Crippen molar-refractivity contribution >= 4 is 21.8 Å². The van der Waals surface area contributed by atoms with Gasteiger partial charge in [0, 0.05) is 11.0 Å². The molecule has 1 aromatic rings. The van der Waals surface area contributed by atoms with Crippen LogP contribution < -0.4 is 11.1 Å². The Morgan fingerprint density at radius 2 is 2.37 bits per heavy atom. The molecule has 3 N–H and O–H groups in total. The van der Waals surface area contributed by atoms with Crippen molar-refractivity contribution in [3.63, 3.8) is 0 Å². The average molecular weight is 327 g/mol. The third-order valence-corrected chi connectivity index (χ3v) is 3.86. The number of nitrogens with two attached hydrogens (primary N) is 1. The largest absolute Gasteiger partial charge is 0.364 e. The van der Waals surface area contributed by atoms with E-state index in [4.69, 9.17) is 10.5 Å². The van der Waals surface area contributed by atoms with Crippen LogP contribution in [0.15, 0.2) is 28.7 Å². The van der Waals surface area contributed by atoms with Crippen LogP contribution >= 0.6 is 15.9 Å². The predicted molar refractivity (Wildman–Crippen MR) is 77.6 cm³/mol. The highest BCUT2D eigenvalue weighted by atomic mass is 79.9. The molecule has 1 aliphatic heterocycles. The van der Waals surface area contributed by atoms with E-state index in [1.54, 1.807) is 0 Å². The summed E-state index contributed by atoms with van der Waals surface area (Å²) >= 11 is 3.43. The molecule has 104 valence electrons. The van der Waals surface area contributed by atoms with Crippen molar-refractivity contribution in [1.82, 2.24) is 5.32 Å². The van der Waals surface area contributed by atoms with Gasteiger partial charge in [0.05, 0.1) is 12.1 Å². The standard InChI is InChI=1S/C14H19BrN2O2/c1-9(10-3-2-4-11(15)7-10)17-14(18)13-6-5-12(8-16)19-13/h2-4,7,9,12-13H,5-6,8,16H2,1H3,(H,17,18)/t9-,12?,13?/m1/s1. The highest BCUT2D eigenvalue weighted by molar-refractivity contribution is 9.10. The fourth-order valence-corrected chi connectivity index (χ4v) is 2.65. The molecular weight excluding hydrogens is 308 g/mol. The fraction of sp³-hybridized carbons (Fsp3) is 0.500. The number of carbonyl (C=O) groups excluding carboxylic acids is 1. The van der Waals surface area contributed by atoms with Gasteiger partial charge in [-0.1, -0.05) is 28.1 Å². The first kappa shape index (κ1) is 14.5. The number of hydrogen-bond acceptors (Lipinski definition) is 3. The molecule has 0 saturated carbocycles. The van der Waals surface area contributed by atoms with Gasteiger partial charge in [0.2, 0.25) is 5.91 Å². The van der Waals surface area contributed by atoms with E-state index in [9.17, 15) is 4.79 Å². The van der Waals surface area contributed by atoms with Crippen molar-refractivity contribution < 1.29 is 9.53 Å². The minimum absolute atomic E-state index is 0.0249. The van der Waals surface area contributed by atoms with E-state index >= 15 is 0 Å². The summed E-state index contributed by atoms with van der Waals surface area (Å²) in [6.07, 6.45) is 1.28. The van der Waals surface area contributed by atoms with Gasteiger partial charge in [-0.15, -0.1) is 0 Å². The normalized spacial score (nSPS) is 24.2. The minimum atomic E-state index is -0.358. The summed E-state index contributed by atoms with van der Waals surface area (Å²) in [6.45, 7) is 2.44. The van der Waals surface area contributed by atoms with Crippen LogP contribution in [0.3, 0.4) is 0 Å². The molecule has 3 atom stereocenters. The van der Waals surface area contributed by atoms with E-state index < -0.39 is 0 Å². The predicted octanol–water partition coefficient (Wildman–Crippen LogP) is 2.13. The highest BCUT2D eigenvalue weighted by Crippen LogP contribution is 2.21. The molecule has 1 saturated heterocycles. The highest BCUT2D eigenvalue weighted by Gasteiger charge is 2.30. The average Bonchev–Trinajstić information content (AvgIpc) is 2.87. The maximum absolute atomic E-state index is 12.1. The molecule has 0 aromatic heterocycles. The third kappa shape index (κ3) is 3.78. The van der Waals surface area contributed by atoms with Crippen LogP contribution in [0.25, 0.3) is 0 Å². The monoisotopic (exact) mass is 326 g/mol. The van der Waals surface area contributed by atoms with Crippen LogP contribution in [-0.4, -0.2) is 24.7 Å². The Hall–Kier alpha value is -0.910. The van der Waals surface area contributed by atoms with Gasteiger partial charge in [-0.25, -0.2) is 0 Å². The van der Waals surface area contributed by atoms with Gasteiger partial charge >= 0.3 is 0 Å². The zero-order valence-electron chi connectivity index (χ0n) is 10.9. The SMILES string of the molecule is C[C@@H](NC(=O)C1CCC(CN)O1)c1cccc(Br)c1. The molecule has 1 amide bonds. The molecule has 0 spiro atoms. The zero-order chi connectivity index (χ0) is 13.8. The van der Waals surface area contributed by atoms with Crippen LogP contribution in [0, 0.1) is 0 Å². The van der Waals surface area contributed by atoms with Crippen molar-refractivity contribution in [2.75, 3.05) is 6.54 Å². The quantitative estimate of drug-likeness (QED) is 0.890. The molecule has 1 aliphatic rings. The van der Waals surface area contributed by atoms with E-state index in [-0.39, 0.29) is 24.2 Å². The number of amides is 1. The molecule has 19 heavy (non-hydrogen) atoms. The van der Waals surface area contributed by atoms with E-state index in [1.165, 1.54) is 0 Å². The summed E-state index contributed by atoms with van der Waals surface area (Å²) in [4.78, 5) is 12.1.